The number of nitrogens with zero attached hydrogens (tertiary/aromatic N) is 4. The summed E-state index contributed by atoms with van der Waals surface area (Å²) in [6, 6.07) is 8.83. The zero-order valence-electron chi connectivity index (χ0n) is 16.4. The molecular formula is C20H25N5O3. The van der Waals surface area contributed by atoms with Gasteiger partial charge in [0.1, 0.15) is 11.2 Å². The summed E-state index contributed by atoms with van der Waals surface area (Å²) in [6.45, 7) is 5.60. The number of rotatable bonds is 5. The van der Waals surface area contributed by atoms with Gasteiger partial charge in [0, 0.05) is 50.3 Å². The minimum atomic E-state index is -1.19. The highest BCUT2D eigenvalue weighted by Crippen LogP contribution is 2.25. The normalized spacial score (nSPS) is 14.5. The highest BCUT2D eigenvalue weighted by Gasteiger charge is 2.40. The summed E-state index contributed by atoms with van der Waals surface area (Å²) in [7, 11) is 1.56. The van der Waals surface area contributed by atoms with E-state index in [1.54, 1.807) is 68.6 Å². The number of ether oxygens (including phenoxy) is 1. The monoisotopic (exact) mass is 383 g/mol. The first kappa shape index (κ1) is 19.6. The molecule has 1 aliphatic heterocycles. The first-order valence-corrected chi connectivity index (χ1v) is 9.18. The van der Waals surface area contributed by atoms with Crippen molar-refractivity contribution in [3.05, 3.63) is 42.7 Å². The van der Waals surface area contributed by atoms with Crippen LogP contribution in [0.15, 0.2) is 42.7 Å². The molecule has 8 nitrogen and oxygen atoms in total. The molecule has 1 N–H and O–H groups in total. The molecule has 1 aromatic heterocycles. The quantitative estimate of drug-likeness (QED) is 0.792. The van der Waals surface area contributed by atoms with Crippen molar-refractivity contribution in [3.8, 4) is 5.75 Å². The van der Waals surface area contributed by atoms with Gasteiger partial charge in [0.25, 0.3) is 0 Å². The Hall–Kier alpha value is -3.16. The number of methoxy groups -OCH3 is 1. The van der Waals surface area contributed by atoms with Crippen molar-refractivity contribution in [2.24, 2.45) is 5.41 Å². The number of benzene rings is 1. The number of hydrogen-bond acceptors (Lipinski definition) is 6. The van der Waals surface area contributed by atoms with E-state index in [4.69, 9.17) is 4.74 Å². The summed E-state index contributed by atoms with van der Waals surface area (Å²) in [4.78, 5) is 38.0. The van der Waals surface area contributed by atoms with E-state index in [0.29, 0.717) is 43.6 Å². The molecule has 2 heterocycles. The van der Waals surface area contributed by atoms with Crippen LogP contribution in [0.2, 0.25) is 0 Å². The van der Waals surface area contributed by atoms with Crippen molar-refractivity contribution in [2.45, 2.75) is 13.8 Å². The summed E-state index contributed by atoms with van der Waals surface area (Å²) in [6.07, 6.45) is 3.40. The molecule has 0 radical (unpaired) electrons. The molecule has 148 valence electrons. The smallest absolute Gasteiger partial charge is 0.239 e. The molecular weight excluding hydrogens is 358 g/mol. The van der Waals surface area contributed by atoms with Crippen molar-refractivity contribution in [1.82, 2.24) is 14.9 Å². The van der Waals surface area contributed by atoms with E-state index in [2.05, 4.69) is 15.3 Å². The van der Waals surface area contributed by atoms with Gasteiger partial charge in [-0.25, -0.2) is 9.97 Å². The van der Waals surface area contributed by atoms with Crippen LogP contribution in [0.3, 0.4) is 0 Å². The number of nitrogens with one attached hydrogen (secondary N) is 1. The van der Waals surface area contributed by atoms with E-state index in [0.717, 1.165) is 0 Å². The lowest BCUT2D eigenvalue weighted by molar-refractivity contribution is -0.146. The van der Waals surface area contributed by atoms with E-state index in [1.807, 2.05) is 4.90 Å². The van der Waals surface area contributed by atoms with Crippen LogP contribution in [0.25, 0.3) is 0 Å². The van der Waals surface area contributed by atoms with Crippen molar-refractivity contribution in [2.75, 3.05) is 43.5 Å². The zero-order chi connectivity index (χ0) is 20.1. The van der Waals surface area contributed by atoms with Gasteiger partial charge in [-0.3, -0.25) is 9.59 Å². The molecule has 2 amide bonds. The van der Waals surface area contributed by atoms with Gasteiger partial charge in [-0.1, -0.05) is 6.07 Å². The average molecular weight is 383 g/mol. The molecule has 2 aromatic rings. The third-order valence-corrected chi connectivity index (χ3v) is 4.83. The zero-order valence-corrected chi connectivity index (χ0v) is 16.4. The molecule has 28 heavy (non-hydrogen) atoms. The summed E-state index contributed by atoms with van der Waals surface area (Å²) in [5.41, 5.74) is -0.592. The second-order valence-electron chi connectivity index (χ2n) is 7.14. The fourth-order valence-electron chi connectivity index (χ4n) is 3.04. The van der Waals surface area contributed by atoms with Gasteiger partial charge in [0.05, 0.1) is 7.11 Å². The number of amides is 2. The first-order valence-electron chi connectivity index (χ1n) is 9.18. The van der Waals surface area contributed by atoms with Gasteiger partial charge in [0.15, 0.2) is 0 Å². The fraction of sp³-hybridized carbons (Fsp3) is 0.400. The molecule has 0 atom stereocenters. The molecule has 1 fully saturated rings. The number of anilines is 2. The Bertz CT molecular complexity index is 833. The Kier molecular flexibility index (Phi) is 5.77. The highest BCUT2D eigenvalue weighted by molar-refractivity contribution is 6.09. The van der Waals surface area contributed by atoms with E-state index in [1.165, 1.54) is 0 Å². The van der Waals surface area contributed by atoms with Crippen molar-refractivity contribution < 1.29 is 14.3 Å². The summed E-state index contributed by atoms with van der Waals surface area (Å²) in [5, 5.41) is 2.81. The second-order valence-corrected chi connectivity index (χ2v) is 7.14. The molecule has 1 aliphatic rings. The van der Waals surface area contributed by atoms with Crippen LogP contribution in [0, 0.1) is 5.41 Å². The Labute approximate surface area is 164 Å². The minimum Gasteiger partial charge on any atom is -0.497 e. The average Bonchev–Trinajstić information content (AvgIpc) is 2.74. The van der Waals surface area contributed by atoms with E-state index in [9.17, 15) is 9.59 Å². The third-order valence-electron chi connectivity index (χ3n) is 4.83. The van der Waals surface area contributed by atoms with Gasteiger partial charge in [0.2, 0.25) is 17.8 Å². The molecule has 8 heteroatoms. The topological polar surface area (TPSA) is 87.7 Å². The maximum absolute atomic E-state index is 13.0. The lowest BCUT2D eigenvalue weighted by Gasteiger charge is -2.38. The molecule has 0 spiro atoms. The molecule has 0 saturated carbocycles. The van der Waals surface area contributed by atoms with Gasteiger partial charge in [-0.05, 0) is 32.0 Å². The number of aromatic nitrogens is 2. The van der Waals surface area contributed by atoms with Crippen LogP contribution in [-0.4, -0.2) is 60.0 Å². The van der Waals surface area contributed by atoms with Crippen LogP contribution in [0.1, 0.15) is 13.8 Å². The van der Waals surface area contributed by atoms with E-state index < -0.39 is 5.41 Å². The summed E-state index contributed by atoms with van der Waals surface area (Å²) in [5.74, 6) is 0.756. The second kappa shape index (κ2) is 8.24. The van der Waals surface area contributed by atoms with Crippen LogP contribution in [0.5, 0.6) is 5.75 Å². The predicted octanol–water partition coefficient (Wildman–Crippen LogP) is 1.80. The van der Waals surface area contributed by atoms with Crippen LogP contribution >= 0.6 is 0 Å². The summed E-state index contributed by atoms with van der Waals surface area (Å²) >= 11 is 0. The maximum atomic E-state index is 13.0. The summed E-state index contributed by atoms with van der Waals surface area (Å²) < 4.78 is 5.17. The van der Waals surface area contributed by atoms with E-state index in [-0.39, 0.29) is 11.8 Å². The molecule has 0 aliphatic carbocycles. The first-order chi connectivity index (χ1) is 13.4. The third kappa shape index (κ3) is 4.21. The Morgan fingerprint density at radius 1 is 1.07 bits per heavy atom. The minimum absolute atomic E-state index is 0.193. The molecule has 0 unspecified atom stereocenters. The van der Waals surface area contributed by atoms with Crippen molar-refractivity contribution in [1.29, 1.82) is 0 Å². The molecule has 1 aromatic carbocycles. The van der Waals surface area contributed by atoms with Gasteiger partial charge >= 0.3 is 0 Å². The van der Waals surface area contributed by atoms with Crippen LogP contribution in [0.4, 0.5) is 11.6 Å². The predicted molar refractivity (Wildman–Crippen MR) is 106 cm³/mol. The Morgan fingerprint density at radius 3 is 2.39 bits per heavy atom. The number of carbonyl (C=O) groups is 2. The van der Waals surface area contributed by atoms with E-state index >= 15 is 0 Å². The number of piperazine rings is 1. The number of hydrogen-bond donors (Lipinski definition) is 1. The molecule has 1 saturated heterocycles. The SMILES string of the molecule is COc1cccc(NC(=O)C(C)(C)C(=O)N2CCN(c3ncccn3)CC2)c1. The largest absolute Gasteiger partial charge is 0.497 e. The Morgan fingerprint density at radius 2 is 1.75 bits per heavy atom. The number of carbonyl (C=O) groups excluding carboxylic acids is 2. The van der Waals surface area contributed by atoms with Crippen LogP contribution < -0.4 is 15.0 Å². The van der Waals surface area contributed by atoms with Crippen molar-refractivity contribution in [3.63, 3.8) is 0 Å². The highest BCUT2D eigenvalue weighted by atomic mass is 16.5. The van der Waals surface area contributed by atoms with Crippen molar-refractivity contribution >= 4 is 23.5 Å². The lowest BCUT2D eigenvalue weighted by atomic mass is 9.89. The molecule has 3 rings (SSSR count). The molecule has 0 bridgehead atoms. The van der Waals surface area contributed by atoms with Gasteiger partial charge in [-0.15, -0.1) is 0 Å². The van der Waals surface area contributed by atoms with Crippen LogP contribution in [-0.2, 0) is 9.59 Å². The lowest BCUT2D eigenvalue weighted by Crippen LogP contribution is -2.54. The standard InChI is InChI=1S/C20H25N5O3/c1-20(2,17(26)23-15-6-4-7-16(14-15)28-3)18(27)24-10-12-25(13-11-24)19-21-8-5-9-22-19/h4-9,14H,10-13H2,1-3H3,(H,23,26). The maximum Gasteiger partial charge on any atom is 0.239 e. The Balaban J connectivity index is 1.61. The van der Waals surface area contributed by atoms with Gasteiger partial charge in [-0.2, -0.15) is 0 Å². The van der Waals surface area contributed by atoms with Gasteiger partial charge < -0.3 is 19.9 Å². The fourth-order valence-corrected chi connectivity index (χ4v) is 3.04.